The molecule has 0 spiro atoms. The fourth-order valence-corrected chi connectivity index (χ4v) is 10.7. The molecule has 1 nitrogen and oxygen atoms in total. The molecule has 0 N–H and O–H groups in total. The number of hydrogen-bond acceptors (Lipinski definition) is 4. The minimum atomic E-state index is 0.212. The molecule has 9 aromatic rings. The molecule has 6 aromatic carbocycles. The topological polar surface area (TPSA) is 3.24 Å². The van der Waals surface area contributed by atoms with Crippen molar-refractivity contribution in [2.45, 2.75) is 5.92 Å². The lowest BCUT2D eigenvalue weighted by molar-refractivity contribution is 0.977. The van der Waals surface area contributed by atoms with Crippen LogP contribution in [0.2, 0.25) is 0 Å². The Bertz CT molecular complexity index is 2370. The van der Waals surface area contributed by atoms with Crippen LogP contribution in [-0.2, 0) is 0 Å². The van der Waals surface area contributed by atoms with E-state index in [1.54, 1.807) is 0 Å². The quantitative estimate of drug-likeness (QED) is 0.127. The summed E-state index contributed by atoms with van der Waals surface area (Å²) in [6.45, 7) is 0. The van der Waals surface area contributed by atoms with E-state index in [0.717, 1.165) is 17.1 Å². The first kappa shape index (κ1) is 33.1. The zero-order chi connectivity index (χ0) is 35.4. The summed E-state index contributed by atoms with van der Waals surface area (Å²) in [7, 11) is 0. The summed E-state index contributed by atoms with van der Waals surface area (Å²) in [5.74, 6) is 0.212. The highest BCUT2D eigenvalue weighted by molar-refractivity contribution is 7.38. The molecule has 53 heavy (non-hydrogen) atoms. The summed E-state index contributed by atoms with van der Waals surface area (Å²) in [5, 5.41) is 0. The number of hydrogen-bond donors (Lipinski definition) is 0. The summed E-state index contributed by atoms with van der Waals surface area (Å²) in [5.41, 5.74) is 9.73. The number of rotatable bonds is 10. The van der Waals surface area contributed by atoms with Crippen LogP contribution >= 0.6 is 34.0 Å². The lowest BCUT2D eigenvalue weighted by Gasteiger charge is -2.25. The third kappa shape index (κ3) is 7.18. The fraction of sp³-hybridized carbons (Fsp3) is 0.0204. The first-order valence-corrected chi connectivity index (χ1v) is 20.2. The van der Waals surface area contributed by atoms with Crippen LogP contribution in [-0.4, -0.2) is 0 Å². The van der Waals surface area contributed by atoms with Gasteiger partial charge in [-0.25, -0.2) is 0 Å². The molecular formula is C49H35NS3. The molecule has 0 amide bonds. The van der Waals surface area contributed by atoms with E-state index in [1.165, 1.54) is 56.4 Å². The first-order chi connectivity index (χ1) is 26.2. The van der Waals surface area contributed by atoms with E-state index < -0.39 is 0 Å². The molecule has 4 heteroatoms. The van der Waals surface area contributed by atoms with Gasteiger partial charge >= 0.3 is 0 Å². The van der Waals surface area contributed by atoms with Gasteiger partial charge in [0.15, 0.2) is 0 Å². The molecule has 0 saturated heterocycles. The van der Waals surface area contributed by atoms with Gasteiger partial charge in [-0.15, -0.1) is 34.0 Å². The van der Waals surface area contributed by atoms with Gasteiger partial charge in [-0.05, 0) is 88.5 Å². The van der Waals surface area contributed by atoms with Gasteiger partial charge in [0.25, 0.3) is 0 Å². The summed E-state index contributed by atoms with van der Waals surface area (Å²) in [6.07, 6.45) is 8.98. The Hall–Kier alpha value is -5.78. The number of fused-ring (bicyclic) bond motifs is 3. The highest BCUT2D eigenvalue weighted by atomic mass is 32.1. The summed E-state index contributed by atoms with van der Waals surface area (Å²) < 4.78 is 5.52. The highest BCUT2D eigenvalue weighted by Gasteiger charge is 2.17. The zero-order valence-electron chi connectivity index (χ0n) is 28.9. The van der Waals surface area contributed by atoms with Crippen LogP contribution in [0.3, 0.4) is 0 Å². The average Bonchev–Trinajstić information content (AvgIpc) is 3.90. The SMILES string of the molecule is C(=Cc1cc2sc3cc(C=Cc4ccc(N(c5ccccc5)c5ccccc5)cc4)sc3c2s1)c1ccc(C(c2ccccc2)c2ccccc2)cc1. The normalized spacial score (nSPS) is 11.8. The van der Waals surface area contributed by atoms with Gasteiger partial charge in [-0.3, -0.25) is 0 Å². The van der Waals surface area contributed by atoms with Crippen LogP contribution in [0.4, 0.5) is 17.1 Å². The molecule has 0 aliphatic heterocycles. The molecule has 254 valence electrons. The van der Waals surface area contributed by atoms with Crippen LogP contribution < -0.4 is 4.90 Å². The van der Waals surface area contributed by atoms with Crippen LogP contribution in [0.5, 0.6) is 0 Å². The van der Waals surface area contributed by atoms with Gasteiger partial charge in [-0.1, -0.05) is 146 Å². The van der Waals surface area contributed by atoms with E-state index in [0.29, 0.717) is 0 Å². The number of para-hydroxylation sites is 2. The predicted octanol–water partition coefficient (Wildman–Crippen LogP) is 15.2. The molecule has 9 rings (SSSR count). The summed E-state index contributed by atoms with van der Waals surface area (Å²) in [4.78, 5) is 4.86. The van der Waals surface area contributed by atoms with Gasteiger partial charge in [0.05, 0.1) is 9.40 Å². The van der Waals surface area contributed by atoms with Gasteiger partial charge in [0.2, 0.25) is 0 Å². The van der Waals surface area contributed by atoms with E-state index in [1.807, 2.05) is 34.0 Å². The third-order valence-electron chi connectivity index (χ3n) is 9.46. The van der Waals surface area contributed by atoms with E-state index in [-0.39, 0.29) is 5.92 Å². The lowest BCUT2D eigenvalue weighted by atomic mass is 9.85. The molecule has 0 bridgehead atoms. The standard InChI is InChI=1S/C49H35NS3/c1-5-13-37(14-6-1)47(38-15-7-2-8-16-38)39-27-21-35(22-28-39)25-31-43-33-45-48(51-43)49-46(53-45)34-44(52-49)32-26-36-23-29-42(30-24-36)50(40-17-9-3-10-18-40)41-19-11-4-12-20-41/h1-34,47H. The molecule has 0 saturated carbocycles. The molecule has 3 heterocycles. The minimum absolute atomic E-state index is 0.212. The maximum atomic E-state index is 2.34. The largest absolute Gasteiger partial charge is 0.311 e. The molecule has 0 unspecified atom stereocenters. The molecular weight excluding hydrogens is 699 g/mol. The van der Waals surface area contributed by atoms with Gasteiger partial charge in [0, 0.05) is 42.1 Å². The summed E-state index contributed by atoms with van der Waals surface area (Å²) in [6, 6.07) is 65.2. The monoisotopic (exact) mass is 733 g/mol. The van der Waals surface area contributed by atoms with Gasteiger partial charge in [-0.2, -0.15) is 0 Å². The fourth-order valence-electron chi connectivity index (χ4n) is 6.90. The number of anilines is 3. The second kappa shape index (κ2) is 15.1. The van der Waals surface area contributed by atoms with Crippen LogP contribution in [0.15, 0.2) is 182 Å². The lowest BCUT2D eigenvalue weighted by Crippen LogP contribution is -2.09. The maximum Gasteiger partial charge on any atom is 0.0635 e. The molecule has 0 fully saturated rings. The van der Waals surface area contributed by atoms with E-state index in [9.17, 15) is 0 Å². The maximum absolute atomic E-state index is 2.34. The second-order valence-electron chi connectivity index (χ2n) is 13.0. The Balaban J connectivity index is 0.907. The summed E-state index contributed by atoms with van der Waals surface area (Å²) >= 11 is 5.67. The van der Waals surface area contributed by atoms with Crippen LogP contribution in [0.25, 0.3) is 43.1 Å². The van der Waals surface area contributed by atoms with Gasteiger partial charge < -0.3 is 4.90 Å². The Morgan fingerprint density at radius 2 is 0.736 bits per heavy atom. The minimum Gasteiger partial charge on any atom is -0.311 e. The zero-order valence-corrected chi connectivity index (χ0v) is 31.3. The third-order valence-corrected chi connectivity index (χ3v) is 13.2. The predicted molar refractivity (Wildman–Crippen MR) is 234 cm³/mol. The Labute approximate surface area is 322 Å². The van der Waals surface area contributed by atoms with Crippen molar-refractivity contribution in [3.8, 4) is 0 Å². The molecule has 0 radical (unpaired) electrons. The van der Waals surface area contributed by atoms with Crippen molar-refractivity contribution in [2.75, 3.05) is 4.90 Å². The molecule has 0 atom stereocenters. The van der Waals surface area contributed by atoms with E-state index >= 15 is 0 Å². The van der Waals surface area contributed by atoms with Crippen molar-refractivity contribution in [3.05, 3.63) is 220 Å². The highest BCUT2D eigenvalue weighted by Crippen LogP contribution is 2.44. The smallest absolute Gasteiger partial charge is 0.0635 e. The van der Waals surface area contributed by atoms with E-state index in [2.05, 4.69) is 211 Å². The van der Waals surface area contributed by atoms with Crippen molar-refractivity contribution in [1.82, 2.24) is 0 Å². The number of thiophene rings is 3. The molecule has 0 aliphatic rings. The van der Waals surface area contributed by atoms with Crippen molar-refractivity contribution in [1.29, 1.82) is 0 Å². The first-order valence-electron chi connectivity index (χ1n) is 17.8. The van der Waals surface area contributed by atoms with Crippen molar-refractivity contribution >= 4 is 94.2 Å². The molecule has 0 aliphatic carbocycles. The number of nitrogens with zero attached hydrogens (tertiary/aromatic N) is 1. The van der Waals surface area contributed by atoms with Crippen molar-refractivity contribution < 1.29 is 0 Å². The van der Waals surface area contributed by atoms with Gasteiger partial charge in [0.1, 0.15) is 0 Å². The average molecular weight is 734 g/mol. The van der Waals surface area contributed by atoms with E-state index in [4.69, 9.17) is 0 Å². The Morgan fingerprint density at radius 1 is 0.358 bits per heavy atom. The van der Waals surface area contributed by atoms with Crippen molar-refractivity contribution in [2.24, 2.45) is 0 Å². The second-order valence-corrected chi connectivity index (χ2v) is 16.2. The Kier molecular flexibility index (Phi) is 9.40. The van der Waals surface area contributed by atoms with Crippen LogP contribution in [0, 0.1) is 0 Å². The Morgan fingerprint density at radius 3 is 1.19 bits per heavy atom. The number of benzene rings is 6. The molecule has 3 aromatic heterocycles. The van der Waals surface area contributed by atoms with Crippen molar-refractivity contribution in [3.63, 3.8) is 0 Å². The van der Waals surface area contributed by atoms with Crippen LogP contribution in [0.1, 0.15) is 43.5 Å².